The highest BCUT2D eigenvalue weighted by atomic mass is 16.5. The average Bonchev–Trinajstić information content (AvgIpc) is 3.20. The molecule has 5 nitrogen and oxygen atoms in total. The van der Waals surface area contributed by atoms with Crippen LogP contribution in [0.2, 0.25) is 0 Å². The van der Waals surface area contributed by atoms with Crippen molar-refractivity contribution in [1.29, 1.82) is 0 Å². The van der Waals surface area contributed by atoms with Gasteiger partial charge >= 0.3 is 0 Å². The zero-order valence-electron chi connectivity index (χ0n) is 12.0. The van der Waals surface area contributed by atoms with Crippen LogP contribution in [0.4, 0.5) is 0 Å². The first-order valence-corrected chi connectivity index (χ1v) is 7.24. The van der Waals surface area contributed by atoms with E-state index in [-0.39, 0.29) is 18.1 Å². The summed E-state index contributed by atoms with van der Waals surface area (Å²) in [6.45, 7) is 2.67. The molecule has 2 aromatic rings. The summed E-state index contributed by atoms with van der Waals surface area (Å²) in [6.07, 6.45) is 6.91. The molecule has 0 bridgehead atoms. The lowest BCUT2D eigenvalue weighted by Crippen LogP contribution is -2.35. The molecular formula is C16H19N3O2. The van der Waals surface area contributed by atoms with Crippen molar-refractivity contribution >= 4 is 5.91 Å². The number of ether oxygens (including phenoxy) is 1. The minimum Gasteiger partial charge on any atom is -0.368 e. The summed E-state index contributed by atoms with van der Waals surface area (Å²) >= 11 is 0. The maximum Gasteiger partial charge on any atom is 0.249 e. The van der Waals surface area contributed by atoms with Gasteiger partial charge in [-0.05, 0) is 37.5 Å². The Kier molecular flexibility index (Phi) is 4.01. The Hall–Kier alpha value is -2.14. The van der Waals surface area contributed by atoms with Crippen LogP contribution in [0.3, 0.4) is 0 Å². The Morgan fingerprint density at radius 2 is 2.24 bits per heavy atom. The van der Waals surface area contributed by atoms with Gasteiger partial charge in [0.15, 0.2) is 0 Å². The lowest BCUT2D eigenvalue weighted by Gasteiger charge is -2.17. The lowest BCUT2D eigenvalue weighted by atomic mass is 10.1. The molecule has 0 spiro atoms. The fourth-order valence-electron chi connectivity index (χ4n) is 2.52. The molecule has 1 fully saturated rings. The number of imidazole rings is 1. The normalized spacial score (nSPS) is 19.4. The van der Waals surface area contributed by atoms with Gasteiger partial charge in [-0.2, -0.15) is 0 Å². The number of amides is 1. The van der Waals surface area contributed by atoms with E-state index < -0.39 is 0 Å². The standard InChI is InChI=1S/C16H19N3O2/c1-12(18-16(20)15-3-2-10-21-15)13-4-6-14(7-5-13)19-9-8-17-11-19/h4-9,11-12,15H,2-3,10H2,1H3,(H,18,20)/t12-,15-/m1/s1. The number of aromatic nitrogens is 2. The maximum absolute atomic E-state index is 12.0. The fourth-order valence-corrected chi connectivity index (χ4v) is 2.52. The third-order valence-corrected chi connectivity index (χ3v) is 3.78. The van der Waals surface area contributed by atoms with Gasteiger partial charge in [0.25, 0.3) is 0 Å². The van der Waals surface area contributed by atoms with E-state index in [9.17, 15) is 4.79 Å². The van der Waals surface area contributed by atoms with Crippen LogP contribution < -0.4 is 5.32 Å². The van der Waals surface area contributed by atoms with Gasteiger partial charge in [-0.3, -0.25) is 4.79 Å². The topological polar surface area (TPSA) is 56.1 Å². The molecule has 0 unspecified atom stereocenters. The summed E-state index contributed by atoms with van der Waals surface area (Å²) < 4.78 is 7.34. The number of rotatable bonds is 4. The van der Waals surface area contributed by atoms with Gasteiger partial charge in [0.1, 0.15) is 6.10 Å². The number of hydrogen-bond donors (Lipinski definition) is 1. The van der Waals surface area contributed by atoms with Gasteiger partial charge in [0.2, 0.25) is 5.91 Å². The van der Waals surface area contributed by atoms with E-state index in [0.29, 0.717) is 6.61 Å². The minimum absolute atomic E-state index is 0.0151. The average molecular weight is 285 g/mol. The Bertz CT molecular complexity index is 586. The highest BCUT2D eigenvalue weighted by Crippen LogP contribution is 2.18. The van der Waals surface area contributed by atoms with Crippen LogP contribution >= 0.6 is 0 Å². The largest absolute Gasteiger partial charge is 0.368 e. The third kappa shape index (κ3) is 3.13. The van der Waals surface area contributed by atoms with Gasteiger partial charge in [-0.15, -0.1) is 0 Å². The van der Waals surface area contributed by atoms with Crippen molar-refractivity contribution in [3.05, 3.63) is 48.5 Å². The molecule has 2 atom stereocenters. The zero-order valence-corrected chi connectivity index (χ0v) is 12.0. The summed E-state index contributed by atoms with van der Waals surface area (Å²) in [5, 5.41) is 3.01. The van der Waals surface area contributed by atoms with Gasteiger partial charge in [0, 0.05) is 24.7 Å². The molecule has 0 aliphatic carbocycles. The molecule has 3 rings (SSSR count). The number of carbonyl (C=O) groups excluding carboxylic acids is 1. The molecule has 1 N–H and O–H groups in total. The van der Waals surface area contributed by atoms with Crippen LogP contribution in [0.25, 0.3) is 5.69 Å². The van der Waals surface area contributed by atoms with Gasteiger partial charge < -0.3 is 14.6 Å². The summed E-state index contributed by atoms with van der Waals surface area (Å²) in [7, 11) is 0. The number of carbonyl (C=O) groups is 1. The number of nitrogens with one attached hydrogen (secondary N) is 1. The quantitative estimate of drug-likeness (QED) is 0.937. The molecule has 1 aliphatic heterocycles. The van der Waals surface area contributed by atoms with Crippen LogP contribution in [0.1, 0.15) is 31.4 Å². The fraction of sp³-hybridized carbons (Fsp3) is 0.375. The van der Waals surface area contributed by atoms with Crippen LogP contribution in [0.5, 0.6) is 0 Å². The number of hydrogen-bond acceptors (Lipinski definition) is 3. The molecule has 1 aromatic heterocycles. The maximum atomic E-state index is 12.0. The first-order valence-electron chi connectivity index (χ1n) is 7.24. The molecule has 21 heavy (non-hydrogen) atoms. The molecular weight excluding hydrogens is 266 g/mol. The van der Waals surface area contributed by atoms with E-state index in [1.54, 1.807) is 12.5 Å². The van der Waals surface area contributed by atoms with E-state index >= 15 is 0 Å². The molecule has 0 radical (unpaired) electrons. The van der Waals surface area contributed by atoms with Crippen molar-refractivity contribution in [2.24, 2.45) is 0 Å². The summed E-state index contributed by atoms with van der Waals surface area (Å²) in [5.74, 6) is -0.0151. The van der Waals surface area contributed by atoms with Crippen LogP contribution in [-0.2, 0) is 9.53 Å². The van der Waals surface area contributed by atoms with Crippen LogP contribution in [0.15, 0.2) is 43.0 Å². The van der Waals surface area contributed by atoms with Crippen LogP contribution in [-0.4, -0.2) is 28.2 Å². The van der Waals surface area contributed by atoms with Crippen molar-refractivity contribution in [3.63, 3.8) is 0 Å². The molecule has 110 valence electrons. The molecule has 1 aromatic carbocycles. The van der Waals surface area contributed by atoms with Crippen molar-refractivity contribution in [1.82, 2.24) is 14.9 Å². The predicted octanol–water partition coefficient (Wildman–Crippen LogP) is 2.23. The Labute approximate surface area is 124 Å². The van der Waals surface area contributed by atoms with Gasteiger partial charge in [-0.1, -0.05) is 12.1 Å². The molecule has 1 amide bonds. The molecule has 2 heterocycles. The van der Waals surface area contributed by atoms with Crippen molar-refractivity contribution < 1.29 is 9.53 Å². The van der Waals surface area contributed by atoms with Crippen molar-refractivity contribution in [3.8, 4) is 5.69 Å². The second kappa shape index (κ2) is 6.10. The lowest BCUT2D eigenvalue weighted by molar-refractivity contribution is -0.130. The van der Waals surface area contributed by atoms with E-state index in [0.717, 1.165) is 24.1 Å². The molecule has 5 heteroatoms. The Morgan fingerprint density at radius 1 is 1.43 bits per heavy atom. The second-order valence-electron chi connectivity index (χ2n) is 5.29. The first kappa shape index (κ1) is 13.8. The zero-order chi connectivity index (χ0) is 14.7. The van der Waals surface area contributed by atoms with Crippen molar-refractivity contribution in [2.45, 2.75) is 31.9 Å². The van der Waals surface area contributed by atoms with Crippen LogP contribution in [0, 0.1) is 0 Å². The van der Waals surface area contributed by atoms with Crippen molar-refractivity contribution in [2.75, 3.05) is 6.61 Å². The minimum atomic E-state index is -0.280. The molecule has 1 aliphatic rings. The number of benzene rings is 1. The molecule has 1 saturated heterocycles. The first-order chi connectivity index (χ1) is 10.2. The predicted molar refractivity (Wildman–Crippen MR) is 79.1 cm³/mol. The van der Waals surface area contributed by atoms with E-state index in [1.807, 2.05) is 42.0 Å². The highest BCUT2D eigenvalue weighted by molar-refractivity contribution is 5.81. The smallest absolute Gasteiger partial charge is 0.249 e. The third-order valence-electron chi connectivity index (χ3n) is 3.78. The van der Waals surface area contributed by atoms with Gasteiger partial charge in [0.05, 0.1) is 12.4 Å². The summed E-state index contributed by atoms with van der Waals surface area (Å²) in [6, 6.07) is 8.06. The van der Waals surface area contributed by atoms with E-state index in [1.165, 1.54) is 0 Å². The van der Waals surface area contributed by atoms with E-state index in [4.69, 9.17) is 4.74 Å². The highest BCUT2D eigenvalue weighted by Gasteiger charge is 2.24. The van der Waals surface area contributed by atoms with E-state index in [2.05, 4.69) is 10.3 Å². The summed E-state index contributed by atoms with van der Waals surface area (Å²) in [5.41, 5.74) is 2.12. The Morgan fingerprint density at radius 3 is 2.86 bits per heavy atom. The summed E-state index contributed by atoms with van der Waals surface area (Å²) in [4.78, 5) is 16.1. The Balaban J connectivity index is 1.64. The molecule has 0 saturated carbocycles. The second-order valence-corrected chi connectivity index (χ2v) is 5.29. The van der Waals surface area contributed by atoms with Gasteiger partial charge in [-0.25, -0.2) is 4.98 Å². The number of nitrogens with zero attached hydrogens (tertiary/aromatic N) is 2. The SMILES string of the molecule is C[C@@H](NC(=O)[C@H]1CCCO1)c1ccc(-n2ccnc2)cc1. The monoisotopic (exact) mass is 285 g/mol.